The second kappa shape index (κ2) is 10.2. The average Bonchev–Trinajstić information content (AvgIpc) is 3.09. The summed E-state index contributed by atoms with van der Waals surface area (Å²) < 4.78 is 9.11. The fraction of sp³-hybridized carbons (Fsp3) is 0.105. The zero-order chi connectivity index (χ0) is 19.9. The Labute approximate surface area is 187 Å². The number of fused-ring (bicyclic) bond motifs is 1. The summed E-state index contributed by atoms with van der Waals surface area (Å²) in [4.78, 5) is 16.5. The van der Waals surface area contributed by atoms with E-state index in [0.29, 0.717) is 12.4 Å². The maximum absolute atomic E-state index is 12.0. The van der Waals surface area contributed by atoms with E-state index in [1.54, 1.807) is 23.6 Å². The molecule has 0 saturated heterocycles. The minimum Gasteiger partial charge on any atom is -0.487 e. The van der Waals surface area contributed by atoms with Gasteiger partial charge in [0.1, 0.15) is 12.4 Å². The number of rotatable bonds is 8. The Morgan fingerprint density at radius 3 is 2.79 bits per heavy atom. The number of ether oxygens (including phenoxy) is 1. The van der Waals surface area contributed by atoms with Crippen LogP contribution in [0.2, 0.25) is 0 Å². The van der Waals surface area contributed by atoms with Crippen LogP contribution in [0.5, 0.6) is 5.75 Å². The molecule has 0 saturated carbocycles. The van der Waals surface area contributed by atoms with E-state index in [1.807, 2.05) is 36.4 Å². The molecule has 0 spiro atoms. The Morgan fingerprint density at radius 2 is 2.07 bits per heavy atom. The van der Waals surface area contributed by atoms with Crippen molar-refractivity contribution in [3.05, 3.63) is 63.6 Å². The number of thioether (sulfide) groups is 1. The normalized spacial score (nSPS) is 11.1. The molecule has 0 aliphatic heterocycles. The Balaban J connectivity index is 1.53. The molecular weight excluding hydrogens is 526 g/mol. The quantitative estimate of drug-likeness (QED) is 0.174. The Bertz CT molecular complexity index is 981. The van der Waals surface area contributed by atoms with Crippen LogP contribution >= 0.6 is 55.0 Å². The lowest BCUT2D eigenvalue weighted by Gasteiger charge is -2.09. The molecule has 0 radical (unpaired) electrons. The second-order valence-electron chi connectivity index (χ2n) is 5.44. The van der Waals surface area contributed by atoms with Gasteiger partial charge in [0.2, 0.25) is 0 Å². The minimum atomic E-state index is -0.190. The van der Waals surface area contributed by atoms with E-state index in [9.17, 15) is 4.79 Å². The van der Waals surface area contributed by atoms with Gasteiger partial charge in [-0.25, -0.2) is 10.4 Å². The van der Waals surface area contributed by atoms with Crippen LogP contribution in [0.15, 0.2) is 67.4 Å². The molecule has 0 aliphatic rings. The Morgan fingerprint density at radius 1 is 1.32 bits per heavy atom. The van der Waals surface area contributed by atoms with Gasteiger partial charge in [0, 0.05) is 0 Å². The molecule has 1 N–H and O–H groups in total. The molecule has 0 atom stereocenters. The fourth-order valence-corrected chi connectivity index (χ4v) is 5.50. The number of para-hydroxylation sites is 1. The second-order valence-corrected chi connectivity index (χ2v) is 9.40. The zero-order valence-electron chi connectivity index (χ0n) is 14.5. The molecule has 3 rings (SSSR count). The molecule has 9 heteroatoms. The molecule has 0 bridgehead atoms. The highest BCUT2D eigenvalue weighted by Gasteiger charge is 2.09. The maximum atomic E-state index is 12.0. The van der Waals surface area contributed by atoms with Crippen molar-refractivity contribution in [2.45, 2.75) is 4.34 Å². The lowest BCUT2D eigenvalue weighted by molar-refractivity contribution is -0.118. The Kier molecular flexibility index (Phi) is 7.66. The summed E-state index contributed by atoms with van der Waals surface area (Å²) >= 11 is 9.91. The number of hydrazone groups is 1. The van der Waals surface area contributed by atoms with E-state index in [-0.39, 0.29) is 11.7 Å². The highest BCUT2D eigenvalue weighted by molar-refractivity contribution is 9.11. The minimum absolute atomic E-state index is 0.190. The predicted octanol–water partition coefficient (Wildman–Crippen LogP) is 5.63. The van der Waals surface area contributed by atoms with Gasteiger partial charge < -0.3 is 4.74 Å². The number of thiazole rings is 1. The zero-order valence-corrected chi connectivity index (χ0v) is 19.3. The van der Waals surface area contributed by atoms with Gasteiger partial charge in [-0.3, -0.25) is 4.79 Å². The summed E-state index contributed by atoms with van der Waals surface area (Å²) in [5.41, 5.74) is 4.29. The SMILES string of the molecule is C=CCOc1c(Br)cc(C=NNC(=O)CSc2nc3ccccc3s2)cc1Br. The van der Waals surface area contributed by atoms with Crippen LogP contribution in [0.25, 0.3) is 10.2 Å². The number of hydrogen-bond acceptors (Lipinski definition) is 6. The van der Waals surface area contributed by atoms with Crippen molar-refractivity contribution >= 4 is 77.3 Å². The first kappa shape index (κ1) is 21.0. The van der Waals surface area contributed by atoms with Crippen molar-refractivity contribution in [2.75, 3.05) is 12.4 Å². The number of hydrogen-bond donors (Lipinski definition) is 1. The van der Waals surface area contributed by atoms with Gasteiger partial charge in [0.25, 0.3) is 5.91 Å². The van der Waals surface area contributed by atoms with Gasteiger partial charge in [-0.1, -0.05) is 36.5 Å². The lowest BCUT2D eigenvalue weighted by Crippen LogP contribution is -2.19. The van der Waals surface area contributed by atoms with Crippen molar-refractivity contribution in [1.82, 2.24) is 10.4 Å². The van der Waals surface area contributed by atoms with Crippen molar-refractivity contribution in [3.63, 3.8) is 0 Å². The standard InChI is InChI=1S/C19H15Br2N3O2S2/c1-2-7-26-18-13(20)8-12(9-14(18)21)10-22-24-17(25)11-27-19-23-15-5-3-4-6-16(15)28-19/h2-6,8-10H,1,7,11H2,(H,24,25). The first-order valence-corrected chi connectivity index (χ1v) is 11.5. The smallest absolute Gasteiger partial charge is 0.250 e. The molecular formula is C19H15Br2N3O2S2. The molecule has 28 heavy (non-hydrogen) atoms. The van der Waals surface area contributed by atoms with E-state index in [4.69, 9.17) is 4.74 Å². The number of carbonyl (C=O) groups is 1. The molecule has 144 valence electrons. The summed E-state index contributed by atoms with van der Waals surface area (Å²) in [7, 11) is 0. The molecule has 5 nitrogen and oxygen atoms in total. The van der Waals surface area contributed by atoms with Gasteiger partial charge in [0.05, 0.1) is 31.1 Å². The molecule has 0 fully saturated rings. The number of aromatic nitrogens is 1. The lowest BCUT2D eigenvalue weighted by atomic mass is 10.2. The van der Waals surface area contributed by atoms with Gasteiger partial charge >= 0.3 is 0 Å². The van der Waals surface area contributed by atoms with Crippen molar-refractivity contribution in [1.29, 1.82) is 0 Å². The maximum Gasteiger partial charge on any atom is 0.250 e. The largest absolute Gasteiger partial charge is 0.487 e. The summed E-state index contributed by atoms with van der Waals surface area (Å²) in [6.07, 6.45) is 3.25. The monoisotopic (exact) mass is 539 g/mol. The van der Waals surface area contributed by atoms with Crippen LogP contribution in [0.3, 0.4) is 0 Å². The molecule has 1 heterocycles. The molecule has 3 aromatic rings. The number of carbonyl (C=O) groups excluding carboxylic acids is 1. The molecule has 2 aromatic carbocycles. The third-order valence-electron chi connectivity index (χ3n) is 3.37. The molecule has 1 aromatic heterocycles. The number of nitrogens with one attached hydrogen (secondary N) is 1. The van der Waals surface area contributed by atoms with Crippen LogP contribution in [0.1, 0.15) is 5.56 Å². The summed E-state index contributed by atoms with van der Waals surface area (Å²) in [6, 6.07) is 11.6. The van der Waals surface area contributed by atoms with E-state index in [0.717, 1.165) is 29.1 Å². The van der Waals surface area contributed by atoms with Crippen LogP contribution in [-0.4, -0.2) is 29.5 Å². The van der Waals surface area contributed by atoms with Crippen LogP contribution in [0, 0.1) is 0 Å². The van der Waals surface area contributed by atoms with Gasteiger partial charge in [-0.2, -0.15) is 5.10 Å². The first-order valence-electron chi connectivity index (χ1n) is 8.10. The highest BCUT2D eigenvalue weighted by Crippen LogP contribution is 2.34. The summed E-state index contributed by atoms with van der Waals surface area (Å²) in [5, 5.41) is 4.02. The van der Waals surface area contributed by atoms with E-state index in [1.165, 1.54) is 11.8 Å². The third kappa shape index (κ3) is 5.66. The number of halogens is 2. The summed E-state index contributed by atoms with van der Waals surface area (Å²) in [6.45, 7) is 4.04. The molecule has 0 unspecified atom stereocenters. The van der Waals surface area contributed by atoms with Crippen LogP contribution in [-0.2, 0) is 4.79 Å². The molecule has 0 aliphatic carbocycles. The van der Waals surface area contributed by atoms with Crippen molar-refractivity contribution < 1.29 is 9.53 Å². The third-order valence-corrected chi connectivity index (χ3v) is 6.73. The highest BCUT2D eigenvalue weighted by atomic mass is 79.9. The van der Waals surface area contributed by atoms with Crippen molar-refractivity contribution in [3.8, 4) is 5.75 Å². The van der Waals surface area contributed by atoms with E-state index < -0.39 is 0 Å². The van der Waals surface area contributed by atoms with Crippen LogP contribution in [0.4, 0.5) is 0 Å². The van der Waals surface area contributed by atoms with Gasteiger partial charge in [-0.05, 0) is 61.7 Å². The van der Waals surface area contributed by atoms with Gasteiger partial charge in [0.15, 0.2) is 4.34 Å². The topological polar surface area (TPSA) is 63.6 Å². The van der Waals surface area contributed by atoms with Gasteiger partial charge in [-0.15, -0.1) is 11.3 Å². The average molecular weight is 541 g/mol. The van der Waals surface area contributed by atoms with Crippen LogP contribution < -0.4 is 10.2 Å². The van der Waals surface area contributed by atoms with Crippen molar-refractivity contribution in [2.24, 2.45) is 5.10 Å². The number of amides is 1. The summed E-state index contributed by atoms with van der Waals surface area (Å²) in [5.74, 6) is 0.747. The first-order chi connectivity index (χ1) is 13.6. The van der Waals surface area contributed by atoms with E-state index in [2.05, 4.69) is 54.0 Å². The number of nitrogens with zero attached hydrogens (tertiary/aromatic N) is 2. The van der Waals surface area contributed by atoms with E-state index >= 15 is 0 Å². The number of benzene rings is 2. The predicted molar refractivity (Wildman–Crippen MR) is 124 cm³/mol. The fourth-order valence-electron chi connectivity index (χ4n) is 2.19. The Hall–Kier alpha value is -1.68. The molecule has 1 amide bonds.